The Morgan fingerprint density at radius 1 is 0.107 bits per heavy atom. The van der Waals surface area contributed by atoms with Gasteiger partial charge in [0.25, 0.3) is 0 Å². The lowest BCUT2D eigenvalue weighted by Crippen LogP contribution is -1.95. The third kappa shape index (κ3) is 527. The summed E-state index contributed by atoms with van der Waals surface area (Å²) >= 11 is 0. The highest BCUT2D eigenvalue weighted by Gasteiger charge is 1.91. The fraction of sp³-hybridized carbons (Fsp3) is 0.753. The van der Waals surface area contributed by atoms with Crippen molar-refractivity contribution >= 4 is 119 Å². The molecule has 0 saturated heterocycles. The number of aliphatic hydroxyl groups excluding tert-OH is 1. The van der Waals surface area contributed by atoms with Gasteiger partial charge in [0.05, 0.1) is 132 Å². The van der Waals surface area contributed by atoms with Crippen molar-refractivity contribution in [2.24, 2.45) is 0 Å². The Balaban J connectivity index is -0.0000000463. The molecule has 0 heterocycles. The summed E-state index contributed by atoms with van der Waals surface area (Å²) in [5, 5.41) is 7.00. The van der Waals surface area contributed by atoms with Gasteiger partial charge in [0, 0.05) is 146 Å². The molecule has 0 bridgehead atoms. The number of carbonyl (C=O) groups is 20. The lowest BCUT2D eigenvalue weighted by atomic mass is 10.8. The van der Waals surface area contributed by atoms with Crippen LogP contribution >= 0.6 is 0 Å². The number of ether oxygens (including phenoxy) is 20. The van der Waals surface area contributed by atoms with E-state index >= 15 is 0 Å². The van der Waals surface area contributed by atoms with E-state index < -0.39 is 0 Å². The van der Waals surface area contributed by atoms with Gasteiger partial charge in [0.15, 0.2) is 0 Å². The highest BCUT2D eigenvalue weighted by Crippen LogP contribution is 1.80. The van der Waals surface area contributed by atoms with E-state index in [9.17, 15) is 95.9 Å². The second-order valence-electron chi connectivity index (χ2n) is 18.5. The molecule has 0 radical (unpaired) electrons. The highest BCUT2D eigenvalue weighted by molar-refractivity contribution is 5.71. The molecule has 0 aliphatic rings. The molecule has 41 heteroatoms. The minimum Gasteiger partial charge on any atom is -0.466 e. The largest absolute Gasteiger partial charge is 0.466 e. The van der Waals surface area contributed by atoms with Crippen molar-refractivity contribution < 1.29 is 196 Å². The molecule has 0 spiro atoms. The van der Waals surface area contributed by atoms with E-state index in [2.05, 4.69) is 94.7 Å². The third-order valence-electron chi connectivity index (χ3n) is 6.95. The third-order valence-corrected chi connectivity index (χ3v) is 6.95. The molecular weight excluding hydrogens is 1630 g/mol. The molecule has 0 aromatic carbocycles. The lowest BCUT2D eigenvalue weighted by molar-refractivity contribution is -0.141. The summed E-state index contributed by atoms with van der Waals surface area (Å²) in [5.41, 5.74) is 0. The van der Waals surface area contributed by atoms with E-state index in [-0.39, 0.29) is 119 Å². The van der Waals surface area contributed by atoms with Gasteiger partial charge >= 0.3 is 119 Å². The normalized spacial score (nSPS) is 7.59. The van der Waals surface area contributed by atoms with Crippen LogP contribution in [-0.4, -0.2) is 264 Å². The average molecular weight is 1790 g/mol. The van der Waals surface area contributed by atoms with E-state index in [1.807, 2.05) is 0 Å². The van der Waals surface area contributed by atoms with Crippen LogP contribution in [0.2, 0.25) is 0 Å². The van der Waals surface area contributed by atoms with Crippen LogP contribution in [0.1, 0.15) is 277 Å². The molecule has 0 aromatic heterocycles. The maximum absolute atomic E-state index is 9.82. The Morgan fingerprint density at radius 3 is 0.131 bits per heavy atom. The zero-order chi connectivity index (χ0) is 102. The SMILES string of the molecule is CCOC(C)=O.CCOC(C)=O.CCOC(C)=O.CCOC(C)=O.CCOC(C)=O.CCOC(C)=O.CCOC(C)=O.CCOC(C)=O.CCOC(C)=O.CCOC(C)=O.CCOC(C)=O.CCOC(C)=O.CCOC(C)=O.CCOC(C)=O.CCOC(C)=O.CCOC(C)=O.CCOC(C)=O.CCOC(C)=O.CCOC(C)=O.CCOC(C)=O.CO. The van der Waals surface area contributed by atoms with E-state index in [0.29, 0.717) is 132 Å². The predicted molar refractivity (Wildman–Crippen MR) is 454 cm³/mol. The van der Waals surface area contributed by atoms with Crippen molar-refractivity contribution in [1.29, 1.82) is 0 Å². The van der Waals surface area contributed by atoms with Crippen LogP contribution in [0.25, 0.3) is 0 Å². The van der Waals surface area contributed by atoms with Crippen molar-refractivity contribution in [1.82, 2.24) is 0 Å². The maximum Gasteiger partial charge on any atom is 0.302 e. The van der Waals surface area contributed by atoms with Gasteiger partial charge in [-0.15, -0.1) is 0 Å². The second kappa shape index (κ2) is 165. The molecule has 1 N–H and O–H groups in total. The lowest BCUT2D eigenvalue weighted by Gasteiger charge is -1.89. The van der Waals surface area contributed by atoms with Crippen molar-refractivity contribution in [2.75, 3.05) is 139 Å². The van der Waals surface area contributed by atoms with Crippen LogP contribution in [0.5, 0.6) is 0 Å². The first kappa shape index (κ1) is 166. The molecule has 0 amide bonds. The van der Waals surface area contributed by atoms with Crippen LogP contribution in [-0.2, 0) is 191 Å². The number of rotatable bonds is 20. The van der Waals surface area contributed by atoms with Gasteiger partial charge in [-0.1, -0.05) is 0 Å². The van der Waals surface area contributed by atoms with Crippen molar-refractivity contribution in [3.63, 3.8) is 0 Å². The van der Waals surface area contributed by atoms with Gasteiger partial charge < -0.3 is 99.8 Å². The van der Waals surface area contributed by atoms with Crippen molar-refractivity contribution in [2.45, 2.75) is 277 Å². The topological polar surface area (TPSA) is 546 Å². The van der Waals surface area contributed by atoms with Crippen LogP contribution < -0.4 is 0 Å². The standard InChI is InChI=1S/20C4H8O2.CH4O/c20*1-3-6-4(2)5;1-2/h20*3H2,1-2H3;2H,1H3. The van der Waals surface area contributed by atoms with Crippen molar-refractivity contribution in [3.05, 3.63) is 0 Å². The molecular formula is C81H164O41. The molecule has 0 fully saturated rings. The molecule has 0 unspecified atom stereocenters. The number of hydrogen-bond donors (Lipinski definition) is 1. The van der Waals surface area contributed by atoms with Gasteiger partial charge in [-0.25, -0.2) is 0 Å². The van der Waals surface area contributed by atoms with Gasteiger partial charge in [0.1, 0.15) is 0 Å². The summed E-state index contributed by atoms with van der Waals surface area (Å²) in [6.07, 6.45) is 0. The minimum absolute atomic E-state index is 0.211. The molecule has 0 saturated carbocycles. The molecule has 0 atom stereocenters. The number of esters is 20. The molecule has 0 rings (SSSR count). The first-order valence-electron chi connectivity index (χ1n) is 38.5. The smallest absolute Gasteiger partial charge is 0.302 e. The zero-order valence-electron chi connectivity index (χ0n) is 81.9. The van der Waals surface area contributed by atoms with Crippen LogP contribution in [0.15, 0.2) is 0 Å². The van der Waals surface area contributed by atoms with Gasteiger partial charge in [-0.3, -0.25) is 95.9 Å². The molecule has 0 aromatic rings. The van der Waals surface area contributed by atoms with Gasteiger partial charge in [-0.2, -0.15) is 0 Å². The van der Waals surface area contributed by atoms with Crippen LogP contribution in [0, 0.1) is 0 Å². The van der Waals surface area contributed by atoms with E-state index in [0.717, 1.165) is 7.11 Å². The minimum atomic E-state index is -0.211. The molecule has 41 nitrogen and oxygen atoms in total. The fourth-order valence-corrected chi connectivity index (χ4v) is 4.07. The van der Waals surface area contributed by atoms with E-state index in [1.54, 1.807) is 138 Å². The summed E-state index contributed by atoms with van der Waals surface area (Å²) in [4.78, 5) is 196. The number of carbonyl (C=O) groups excluding carboxylic acids is 20. The highest BCUT2D eigenvalue weighted by atomic mass is 16.6. The fourth-order valence-electron chi connectivity index (χ4n) is 4.07. The Labute approximate surface area is 728 Å². The van der Waals surface area contributed by atoms with E-state index in [4.69, 9.17) is 5.11 Å². The first-order chi connectivity index (χ1) is 56.4. The average Bonchev–Trinajstić information content (AvgIpc) is 3.62. The second-order valence-corrected chi connectivity index (χ2v) is 18.5. The van der Waals surface area contributed by atoms with Crippen LogP contribution in [0.3, 0.4) is 0 Å². The first-order valence-corrected chi connectivity index (χ1v) is 38.5. The summed E-state index contributed by atoms with van der Waals surface area (Å²) in [6.45, 7) is 73.1. The summed E-state index contributed by atoms with van der Waals surface area (Å²) in [5.74, 6) is -4.21. The Kier molecular flexibility index (Phi) is 225. The Bertz CT molecular complexity index is 1680. The van der Waals surface area contributed by atoms with Gasteiger partial charge in [0.2, 0.25) is 0 Å². The van der Waals surface area contributed by atoms with Crippen LogP contribution in [0.4, 0.5) is 0 Å². The predicted octanol–water partition coefficient (Wildman–Crippen LogP) is 11.0. The summed E-state index contributed by atoms with van der Waals surface area (Å²) in [6, 6.07) is 0. The zero-order valence-corrected chi connectivity index (χ0v) is 81.9. The van der Waals surface area contributed by atoms with Gasteiger partial charge in [-0.05, 0) is 138 Å². The molecule has 122 heavy (non-hydrogen) atoms. The van der Waals surface area contributed by atoms with E-state index in [1.165, 1.54) is 138 Å². The summed E-state index contributed by atoms with van der Waals surface area (Å²) < 4.78 is 88.1. The number of aliphatic hydroxyl groups is 1. The maximum atomic E-state index is 9.82. The van der Waals surface area contributed by atoms with Crippen molar-refractivity contribution in [3.8, 4) is 0 Å². The molecule has 0 aliphatic heterocycles. The summed E-state index contributed by atoms with van der Waals surface area (Å²) in [7, 11) is 1.00. The quantitative estimate of drug-likeness (QED) is 0.0873. The molecule has 734 valence electrons. The Hall–Kier alpha value is -10.6. The molecule has 0 aliphatic carbocycles. The number of hydrogen-bond acceptors (Lipinski definition) is 41. The Morgan fingerprint density at radius 2 is 0.131 bits per heavy atom. The monoisotopic (exact) mass is 1790 g/mol.